The van der Waals surface area contributed by atoms with E-state index in [0.717, 1.165) is 83.5 Å². The minimum atomic E-state index is -1.99. The number of hydrogen-bond acceptors (Lipinski definition) is 18. The fraction of sp³-hybridized carbons (Fsp3) is 0.833. The largest absolute Gasteiger partial charge is 0.394 e. The summed E-state index contributed by atoms with van der Waals surface area (Å²) in [5, 5.41) is 121. The second-order valence-electron chi connectivity index (χ2n) is 27.4. The fourth-order valence-corrected chi connectivity index (χ4v) is 12.7. The molecule has 17 atom stereocenters. The van der Waals surface area contributed by atoms with Crippen molar-refractivity contribution >= 4 is 5.91 Å². The molecule has 0 radical (unpaired) electrons. The van der Waals surface area contributed by atoms with Gasteiger partial charge in [-0.05, 0) is 83.5 Å². The second kappa shape index (κ2) is 58.7. The first-order valence-electron chi connectivity index (χ1n) is 38.7. The number of carbonyl (C=O) groups excluding carboxylic acids is 1. The number of aliphatic hydroxyl groups is 11. The van der Waals surface area contributed by atoms with Crippen molar-refractivity contribution in [3.8, 4) is 0 Å². The van der Waals surface area contributed by atoms with Crippen LogP contribution in [0.5, 0.6) is 0 Å². The zero-order chi connectivity index (χ0) is 70.4. The topological polar surface area (TPSA) is 307 Å². The van der Waals surface area contributed by atoms with Gasteiger partial charge in [-0.2, -0.15) is 0 Å². The average Bonchev–Trinajstić information content (AvgIpc) is 0.795. The van der Waals surface area contributed by atoms with E-state index in [-0.39, 0.29) is 18.9 Å². The molecule has 3 rings (SSSR count). The number of rotatable bonds is 60. The minimum absolute atomic E-state index is 0.214. The molecule has 3 saturated heterocycles. The van der Waals surface area contributed by atoms with Crippen LogP contribution < -0.4 is 5.32 Å². The van der Waals surface area contributed by atoms with Gasteiger partial charge < -0.3 is 89.9 Å². The van der Waals surface area contributed by atoms with Gasteiger partial charge in [-0.3, -0.25) is 4.79 Å². The van der Waals surface area contributed by atoms with Crippen molar-refractivity contribution in [2.75, 3.05) is 26.4 Å². The van der Waals surface area contributed by atoms with Crippen molar-refractivity contribution in [3.05, 3.63) is 72.9 Å². The molecule has 0 spiro atoms. The minimum Gasteiger partial charge on any atom is -0.394 e. The Morgan fingerprint density at radius 1 is 0.371 bits per heavy atom. The lowest BCUT2D eigenvalue weighted by molar-refractivity contribution is -0.379. The average molecular weight is 1380 g/mol. The van der Waals surface area contributed by atoms with Crippen molar-refractivity contribution < 1.29 is 89.4 Å². The molecular weight excluding hydrogens is 1240 g/mol. The summed E-state index contributed by atoms with van der Waals surface area (Å²) in [4.78, 5) is 13.4. The number of amides is 1. The number of nitrogens with one attached hydrogen (secondary N) is 1. The number of ether oxygens (including phenoxy) is 6. The quantitative estimate of drug-likeness (QED) is 0.0199. The molecule has 1 amide bonds. The number of carbonyl (C=O) groups is 1. The number of allylic oxidation sites excluding steroid dienone is 11. The maximum absolute atomic E-state index is 13.4. The summed E-state index contributed by atoms with van der Waals surface area (Å²) in [6, 6.07) is -1.01. The molecule has 0 saturated carbocycles. The lowest BCUT2D eigenvalue weighted by Gasteiger charge is -2.48. The summed E-state index contributed by atoms with van der Waals surface area (Å²) in [6.45, 7) is 1.69. The highest BCUT2D eigenvalue weighted by Crippen LogP contribution is 2.33. The lowest BCUT2D eigenvalue weighted by atomic mass is 9.96. The van der Waals surface area contributed by atoms with Gasteiger partial charge in [0.2, 0.25) is 5.91 Å². The molecule has 19 heteroatoms. The Hall–Kier alpha value is -2.77. The highest BCUT2D eigenvalue weighted by atomic mass is 16.8. The summed E-state index contributed by atoms with van der Waals surface area (Å²) >= 11 is 0. The van der Waals surface area contributed by atoms with E-state index in [1.54, 1.807) is 6.08 Å². The molecule has 0 aliphatic carbocycles. The Morgan fingerprint density at radius 2 is 0.691 bits per heavy atom. The Labute approximate surface area is 585 Å². The lowest BCUT2D eigenvalue weighted by Crippen LogP contribution is -2.66. The highest BCUT2D eigenvalue weighted by Gasteiger charge is 2.53. The van der Waals surface area contributed by atoms with Crippen LogP contribution in [0.1, 0.15) is 284 Å². The van der Waals surface area contributed by atoms with Gasteiger partial charge in [0.1, 0.15) is 73.2 Å². The van der Waals surface area contributed by atoms with E-state index in [1.807, 2.05) is 6.08 Å². The molecule has 564 valence electrons. The fourth-order valence-electron chi connectivity index (χ4n) is 12.7. The first kappa shape index (κ1) is 88.4. The van der Waals surface area contributed by atoms with Crippen molar-refractivity contribution in [3.63, 3.8) is 0 Å². The van der Waals surface area contributed by atoms with E-state index in [1.165, 1.54) is 167 Å². The SMILES string of the molecule is CCCCC/C=C\C/C=C\C/C=C\CCCCCCCCC(=O)NC(COC1OC(CO)C(OC2OC(CO)C(OC3OC(CO)C(O)C(O)C3O)C(O)C2O)C(O)C1O)C(O)/C=C/CC/C=C/CC/C=C/CCCCCCCCCCCCCCCCCCCCCCCCC. The Morgan fingerprint density at radius 3 is 1.12 bits per heavy atom. The predicted molar refractivity (Wildman–Crippen MR) is 383 cm³/mol. The van der Waals surface area contributed by atoms with Gasteiger partial charge in [0.05, 0.1) is 38.6 Å². The van der Waals surface area contributed by atoms with Gasteiger partial charge in [-0.15, -0.1) is 0 Å². The normalized spacial score (nSPS) is 27.3. The third kappa shape index (κ3) is 39.5. The summed E-state index contributed by atoms with van der Waals surface area (Å²) in [5.41, 5.74) is 0. The van der Waals surface area contributed by atoms with Crippen molar-refractivity contribution in [1.29, 1.82) is 0 Å². The summed E-state index contributed by atoms with van der Waals surface area (Å²) in [7, 11) is 0. The third-order valence-corrected chi connectivity index (χ3v) is 19.0. The molecule has 19 nitrogen and oxygen atoms in total. The monoisotopic (exact) mass is 1380 g/mol. The molecule has 3 aliphatic rings. The van der Waals surface area contributed by atoms with Crippen LogP contribution in [0.25, 0.3) is 0 Å². The summed E-state index contributed by atoms with van der Waals surface area (Å²) < 4.78 is 34.4. The van der Waals surface area contributed by atoms with Gasteiger partial charge in [0, 0.05) is 6.42 Å². The van der Waals surface area contributed by atoms with Crippen LogP contribution in [0.4, 0.5) is 0 Å². The van der Waals surface area contributed by atoms with Crippen LogP contribution >= 0.6 is 0 Å². The maximum Gasteiger partial charge on any atom is 0.220 e. The van der Waals surface area contributed by atoms with Crippen LogP contribution in [0, 0.1) is 0 Å². The van der Waals surface area contributed by atoms with Gasteiger partial charge in [-0.1, -0.05) is 267 Å². The van der Waals surface area contributed by atoms with Gasteiger partial charge >= 0.3 is 0 Å². The molecule has 3 fully saturated rings. The molecule has 12 N–H and O–H groups in total. The van der Waals surface area contributed by atoms with E-state index in [0.29, 0.717) is 12.8 Å². The van der Waals surface area contributed by atoms with Crippen LogP contribution in [0.3, 0.4) is 0 Å². The van der Waals surface area contributed by atoms with Crippen LogP contribution in [0.2, 0.25) is 0 Å². The molecule has 3 aliphatic heterocycles. The molecular formula is C78H139NO18. The zero-order valence-electron chi connectivity index (χ0n) is 60.0. The van der Waals surface area contributed by atoms with E-state index in [9.17, 15) is 61.0 Å². The van der Waals surface area contributed by atoms with Crippen molar-refractivity contribution in [2.45, 2.75) is 388 Å². The number of hydrogen-bond donors (Lipinski definition) is 12. The van der Waals surface area contributed by atoms with Crippen LogP contribution in [0.15, 0.2) is 72.9 Å². The van der Waals surface area contributed by atoms with Crippen LogP contribution in [-0.4, -0.2) is 193 Å². The molecule has 0 aromatic rings. The third-order valence-electron chi connectivity index (χ3n) is 19.0. The molecule has 0 aromatic carbocycles. The van der Waals surface area contributed by atoms with E-state index in [2.05, 4.69) is 79.9 Å². The van der Waals surface area contributed by atoms with Crippen LogP contribution in [-0.2, 0) is 33.2 Å². The second-order valence-corrected chi connectivity index (χ2v) is 27.4. The number of unbranched alkanes of at least 4 members (excludes halogenated alkanes) is 34. The molecule has 97 heavy (non-hydrogen) atoms. The first-order valence-corrected chi connectivity index (χ1v) is 38.7. The van der Waals surface area contributed by atoms with Gasteiger partial charge in [0.15, 0.2) is 18.9 Å². The molecule has 0 bridgehead atoms. The van der Waals surface area contributed by atoms with Gasteiger partial charge in [-0.25, -0.2) is 0 Å². The van der Waals surface area contributed by atoms with Crippen molar-refractivity contribution in [1.82, 2.24) is 5.32 Å². The Kier molecular flexibility index (Phi) is 53.5. The Bertz CT molecular complexity index is 2040. The summed E-state index contributed by atoms with van der Waals surface area (Å²) in [5.74, 6) is -0.302. The molecule has 0 aromatic heterocycles. The zero-order valence-corrected chi connectivity index (χ0v) is 60.0. The summed E-state index contributed by atoms with van der Waals surface area (Å²) in [6.07, 6.45) is 49.0. The highest BCUT2D eigenvalue weighted by molar-refractivity contribution is 5.76. The predicted octanol–water partition coefficient (Wildman–Crippen LogP) is 12.1. The van der Waals surface area contributed by atoms with Gasteiger partial charge in [0.25, 0.3) is 0 Å². The Balaban J connectivity index is 1.40. The van der Waals surface area contributed by atoms with E-state index < -0.39 is 124 Å². The smallest absolute Gasteiger partial charge is 0.220 e. The van der Waals surface area contributed by atoms with E-state index >= 15 is 0 Å². The standard InChI is InChI=1S/C78H139NO18/c1-3-5-7-9-11-13-15-17-19-21-23-24-25-26-27-28-29-30-31-32-33-34-35-36-38-39-41-43-45-47-49-51-53-55-62(83)61(79-66(84)56-54-52-50-48-46-44-42-40-37-22-20-18-16-14-12-10-8-6-4-2)60-92-76-72(90)69(87)74(64(58-81)94-76)97-78-73(91)70(88)75(65(59-82)95-78)96-77-71(89)68(86)67(85)63(57-80)93-77/h12,14,18,20,37-40,45,47,53,55,61-65,67-78,80-83,85-91H,3-11,13,15-17,19,21-36,41-44,46,48-52,54,56-60H2,1-2H3,(H,79,84)/b14-12-,20-18-,39-38+,40-37-,47-45+,55-53+. The maximum atomic E-state index is 13.4. The number of aliphatic hydroxyl groups excluding tert-OH is 11. The first-order chi connectivity index (χ1) is 47.3. The molecule has 3 heterocycles. The molecule has 17 unspecified atom stereocenters. The van der Waals surface area contributed by atoms with Crippen molar-refractivity contribution in [2.24, 2.45) is 0 Å². The van der Waals surface area contributed by atoms with E-state index in [4.69, 9.17) is 28.4 Å².